The van der Waals surface area contributed by atoms with Crippen LogP contribution in [0, 0.1) is 5.92 Å². The Morgan fingerprint density at radius 3 is 2.37 bits per heavy atom. The zero-order valence-corrected chi connectivity index (χ0v) is 12.5. The second-order valence-electron chi connectivity index (χ2n) is 5.47. The van der Waals surface area contributed by atoms with Crippen LogP contribution in [0.1, 0.15) is 58.8 Å². The third-order valence-corrected chi connectivity index (χ3v) is 3.82. The van der Waals surface area contributed by atoms with E-state index in [4.69, 9.17) is 9.47 Å². The van der Waals surface area contributed by atoms with Gasteiger partial charge in [-0.3, -0.25) is 4.79 Å². The van der Waals surface area contributed by atoms with Crippen LogP contribution >= 0.6 is 0 Å². The second kappa shape index (κ2) is 9.13. The van der Waals surface area contributed by atoms with Crippen molar-refractivity contribution in [2.45, 2.75) is 64.9 Å². The summed E-state index contributed by atoms with van der Waals surface area (Å²) in [4.78, 5) is 10.9. The summed E-state index contributed by atoms with van der Waals surface area (Å²) in [5, 5.41) is 0. The first-order chi connectivity index (χ1) is 9.13. The highest BCUT2D eigenvalue weighted by molar-refractivity contribution is 5.68. The van der Waals surface area contributed by atoms with Gasteiger partial charge in [-0.2, -0.15) is 0 Å². The molecule has 0 amide bonds. The minimum Gasteiger partial charge on any atom is -0.466 e. The molecule has 0 heterocycles. The molecule has 0 atom stereocenters. The summed E-state index contributed by atoms with van der Waals surface area (Å²) in [6, 6.07) is 0. The molecule has 0 aromatic rings. The van der Waals surface area contributed by atoms with E-state index < -0.39 is 0 Å². The lowest BCUT2D eigenvalue weighted by molar-refractivity contribution is -0.143. The van der Waals surface area contributed by atoms with Crippen molar-refractivity contribution in [3.63, 3.8) is 0 Å². The van der Waals surface area contributed by atoms with Gasteiger partial charge in [0.15, 0.2) is 0 Å². The van der Waals surface area contributed by atoms with Gasteiger partial charge >= 0.3 is 5.97 Å². The average molecular weight is 268 g/mol. The van der Waals surface area contributed by atoms with Crippen LogP contribution in [-0.4, -0.2) is 25.3 Å². The molecule has 0 radical (unpaired) electrons. The summed E-state index contributed by atoms with van der Waals surface area (Å²) in [6.45, 7) is 9.29. The third-order valence-electron chi connectivity index (χ3n) is 3.82. The number of unbranched alkanes of at least 4 members (excludes halogenated alkanes) is 1. The maximum Gasteiger partial charge on any atom is 0.305 e. The normalized spacial score (nSPS) is 23.1. The SMILES string of the molecule is C=C(C)C1CCC(OCCCCOC(=O)CC)CC1. The number of carbonyl (C=O) groups is 1. The van der Waals surface area contributed by atoms with Crippen LogP contribution in [0.2, 0.25) is 0 Å². The number of rotatable bonds is 8. The highest BCUT2D eigenvalue weighted by atomic mass is 16.5. The van der Waals surface area contributed by atoms with Gasteiger partial charge in [0.05, 0.1) is 12.7 Å². The Kier molecular flexibility index (Phi) is 7.80. The molecule has 0 bridgehead atoms. The fourth-order valence-electron chi connectivity index (χ4n) is 2.46. The van der Waals surface area contributed by atoms with Crippen molar-refractivity contribution in [3.05, 3.63) is 12.2 Å². The summed E-state index contributed by atoms with van der Waals surface area (Å²) in [6.07, 6.45) is 7.49. The molecule has 0 spiro atoms. The minimum absolute atomic E-state index is 0.112. The van der Waals surface area contributed by atoms with Gasteiger partial charge in [0.1, 0.15) is 0 Å². The Labute approximate surface area is 117 Å². The highest BCUT2D eigenvalue weighted by Crippen LogP contribution is 2.30. The number of ether oxygens (including phenoxy) is 2. The van der Waals surface area contributed by atoms with Crippen LogP contribution in [0.25, 0.3) is 0 Å². The predicted octanol–water partition coefficient (Wildman–Crippen LogP) is 3.87. The van der Waals surface area contributed by atoms with E-state index in [1.165, 1.54) is 18.4 Å². The molecular weight excluding hydrogens is 240 g/mol. The lowest BCUT2D eigenvalue weighted by atomic mass is 9.83. The van der Waals surface area contributed by atoms with Crippen LogP contribution in [-0.2, 0) is 14.3 Å². The molecule has 0 unspecified atom stereocenters. The van der Waals surface area contributed by atoms with Gasteiger partial charge in [-0.05, 0) is 51.4 Å². The molecule has 0 N–H and O–H groups in total. The summed E-state index contributed by atoms with van der Waals surface area (Å²) in [5.41, 5.74) is 1.32. The summed E-state index contributed by atoms with van der Waals surface area (Å²) >= 11 is 0. The topological polar surface area (TPSA) is 35.5 Å². The van der Waals surface area contributed by atoms with Crippen molar-refractivity contribution in [3.8, 4) is 0 Å². The van der Waals surface area contributed by atoms with Gasteiger partial charge in [-0.1, -0.05) is 19.1 Å². The molecule has 0 aromatic heterocycles. The lowest BCUT2D eigenvalue weighted by Gasteiger charge is -2.28. The molecule has 3 nitrogen and oxygen atoms in total. The minimum atomic E-state index is -0.112. The van der Waals surface area contributed by atoms with Crippen molar-refractivity contribution < 1.29 is 14.3 Å². The highest BCUT2D eigenvalue weighted by Gasteiger charge is 2.21. The molecule has 0 aliphatic heterocycles. The number of esters is 1. The molecule has 1 saturated carbocycles. The van der Waals surface area contributed by atoms with Crippen molar-refractivity contribution in [2.75, 3.05) is 13.2 Å². The Hall–Kier alpha value is -0.830. The molecule has 0 saturated heterocycles. The van der Waals surface area contributed by atoms with E-state index >= 15 is 0 Å². The van der Waals surface area contributed by atoms with E-state index in [1.54, 1.807) is 0 Å². The monoisotopic (exact) mass is 268 g/mol. The molecular formula is C16H28O3. The molecule has 1 aliphatic carbocycles. The van der Waals surface area contributed by atoms with Crippen molar-refractivity contribution in [1.29, 1.82) is 0 Å². The van der Waals surface area contributed by atoms with E-state index in [2.05, 4.69) is 13.5 Å². The van der Waals surface area contributed by atoms with Gasteiger partial charge in [-0.15, -0.1) is 0 Å². The first-order valence-corrected chi connectivity index (χ1v) is 7.56. The quantitative estimate of drug-likeness (QED) is 0.381. The van der Waals surface area contributed by atoms with E-state index in [0.717, 1.165) is 32.3 Å². The van der Waals surface area contributed by atoms with Crippen LogP contribution in [0.3, 0.4) is 0 Å². The van der Waals surface area contributed by atoms with Crippen LogP contribution in [0.4, 0.5) is 0 Å². The Morgan fingerprint density at radius 1 is 1.16 bits per heavy atom. The van der Waals surface area contributed by atoms with E-state index in [0.29, 0.717) is 25.0 Å². The van der Waals surface area contributed by atoms with Crippen molar-refractivity contribution in [2.24, 2.45) is 5.92 Å². The first-order valence-electron chi connectivity index (χ1n) is 7.56. The predicted molar refractivity (Wildman–Crippen MR) is 77.0 cm³/mol. The number of hydrogen-bond donors (Lipinski definition) is 0. The fraction of sp³-hybridized carbons (Fsp3) is 0.812. The molecule has 1 rings (SSSR count). The first kappa shape index (κ1) is 16.2. The lowest BCUT2D eigenvalue weighted by Crippen LogP contribution is -2.22. The average Bonchev–Trinajstić information content (AvgIpc) is 2.42. The van der Waals surface area contributed by atoms with E-state index in [9.17, 15) is 4.79 Å². The maximum atomic E-state index is 10.9. The van der Waals surface area contributed by atoms with Gasteiger partial charge < -0.3 is 9.47 Å². The largest absolute Gasteiger partial charge is 0.466 e. The number of carbonyl (C=O) groups excluding carboxylic acids is 1. The maximum absolute atomic E-state index is 10.9. The second-order valence-corrected chi connectivity index (χ2v) is 5.47. The Morgan fingerprint density at radius 2 is 1.79 bits per heavy atom. The van der Waals surface area contributed by atoms with Crippen molar-refractivity contribution in [1.82, 2.24) is 0 Å². The summed E-state index contributed by atoms with van der Waals surface area (Å²) < 4.78 is 10.9. The van der Waals surface area contributed by atoms with Gasteiger partial charge in [0.2, 0.25) is 0 Å². The molecule has 1 aliphatic rings. The number of allylic oxidation sites excluding steroid dienone is 1. The zero-order valence-electron chi connectivity index (χ0n) is 12.5. The van der Waals surface area contributed by atoms with Crippen LogP contribution < -0.4 is 0 Å². The Bertz CT molecular complexity index is 278. The van der Waals surface area contributed by atoms with Crippen LogP contribution in [0.5, 0.6) is 0 Å². The zero-order chi connectivity index (χ0) is 14.1. The molecule has 1 fully saturated rings. The van der Waals surface area contributed by atoms with E-state index in [-0.39, 0.29) is 5.97 Å². The van der Waals surface area contributed by atoms with Crippen LogP contribution in [0.15, 0.2) is 12.2 Å². The Balaban J connectivity index is 1.96. The summed E-state index contributed by atoms with van der Waals surface area (Å²) in [5.74, 6) is 0.590. The molecule has 19 heavy (non-hydrogen) atoms. The van der Waals surface area contributed by atoms with Gasteiger partial charge in [-0.25, -0.2) is 0 Å². The van der Waals surface area contributed by atoms with Gasteiger partial charge in [0, 0.05) is 13.0 Å². The smallest absolute Gasteiger partial charge is 0.305 e. The standard InChI is InChI=1S/C16H28O3/c1-4-16(17)19-12-6-5-11-18-15-9-7-14(8-10-15)13(2)3/h14-15H,2,4-12H2,1,3H3. The fourth-order valence-corrected chi connectivity index (χ4v) is 2.46. The number of hydrogen-bond acceptors (Lipinski definition) is 3. The molecule has 110 valence electrons. The van der Waals surface area contributed by atoms with E-state index in [1.807, 2.05) is 6.92 Å². The molecule has 0 aromatic carbocycles. The summed E-state index contributed by atoms with van der Waals surface area (Å²) in [7, 11) is 0. The molecule has 3 heteroatoms. The van der Waals surface area contributed by atoms with Crippen molar-refractivity contribution >= 4 is 5.97 Å². The third kappa shape index (κ3) is 6.76. The van der Waals surface area contributed by atoms with Gasteiger partial charge in [0.25, 0.3) is 0 Å².